The van der Waals surface area contributed by atoms with Crippen molar-refractivity contribution in [2.45, 2.75) is 13.8 Å². The predicted octanol–water partition coefficient (Wildman–Crippen LogP) is 2.30. The molecule has 1 rings (SSSR count). The summed E-state index contributed by atoms with van der Waals surface area (Å²) in [5.41, 5.74) is -0.610. The number of aromatic carboxylic acids is 1. The molecule has 98 valence electrons. The standard InChI is InChI=1S/C12H15FN2O3/c1-7(2)6-14-12(18)15-10-8(11(16)17)4-3-5-9(10)13/h3-5,7H,6H2,1-2H3,(H,16,17)(H2,14,15,18). The molecule has 6 heteroatoms. The molecule has 0 atom stereocenters. The highest BCUT2D eigenvalue weighted by molar-refractivity contribution is 6.00. The van der Waals surface area contributed by atoms with Crippen molar-refractivity contribution >= 4 is 17.7 Å². The van der Waals surface area contributed by atoms with Crippen molar-refractivity contribution in [3.05, 3.63) is 29.6 Å². The minimum absolute atomic E-state index is 0.246. The Morgan fingerprint density at radius 3 is 2.61 bits per heavy atom. The van der Waals surface area contributed by atoms with E-state index < -0.39 is 17.8 Å². The zero-order chi connectivity index (χ0) is 13.7. The number of para-hydroxylation sites is 1. The number of hydrogen-bond donors (Lipinski definition) is 3. The van der Waals surface area contributed by atoms with Gasteiger partial charge in [-0.2, -0.15) is 0 Å². The third-order valence-corrected chi connectivity index (χ3v) is 2.15. The van der Waals surface area contributed by atoms with Gasteiger partial charge in [0.2, 0.25) is 0 Å². The summed E-state index contributed by atoms with van der Waals surface area (Å²) < 4.78 is 13.5. The van der Waals surface area contributed by atoms with Crippen LogP contribution in [-0.4, -0.2) is 23.7 Å². The van der Waals surface area contributed by atoms with E-state index in [-0.39, 0.29) is 17.2 Å². The molecule has 0 saturated carbocycles. The first kappa shape index (κ1) is 14.0. The maximum Gasteiger partial charge on any atom is 0.337 e. The summed E-state index contributed by atoms with van der Waals surface area (Å²) >= 11 is 0. The first-order valence-electron chi connectivity index (χ1n) is 5.48. The maximum absolute atomic E-state index is 13.5. The number of rotatable bonds is 4. The lowest BCUT2D eigenvalue weighted by atomic mass is 10.1. The number of anilines is 1. The second-order valence-corrected chi connectivity index (χ2v) is 4.20. The third kappa shape index (κ3) is 3.73. The number of halogens is 1. The van der Waals surface area contributed by atoms with Gasteiger partial charge in [0.1, 0.15) is 5.82 Å². The molecular weight excluding hydrogens is 239 g/mol. The molecule has 0 aliphatic heterocycles. The van der Waals surface area contributed by atoms with Gasteiger partial charge in [0.05, 0.1) is 11.3 Å². The zero-order valence-corrected chi connectivity index (χ0v) is 10.2. The predicted molar refractivity (Wildman–Crippen MR) is 65.2 cm³/mol. The number of carbonyl (C=O) groups excluding carboxylic acids is 1. The van der Waals surface area contributed by atoms with Gasteiger partial charge < -0.3 is 15.7 Å². The molecule has 0 unspecified atom stereocenters. The Labute approximate surface area is 104 Å². The quantitative estimate of drug-likeness (QED) is 0.771. The van der Waals surface area contributed by atoms with Crippen LogP contribution < -0.4 is 10.6 Å². The summed E-state index contributed by atoms with van der Waals surface area (Å²) in [5, 5.41) is 13.6. The Morgan fingerprint density at radius 1 is 1.39 bits per heavy atom. The maximum atomic E-state index is 13.5. The summed E-state index contributed by atoms with van der Waals surface area (Å²) in [5.74, 6) is -1.83. The van der Waals surface area contributed by atoms with Crippen molar-refractivity contribution in [1.29, 1.82) is 0 Å². The van der Waals surface area contributed by atoms with Crippen LogP contribution in [0.4, 0.5) is 14.9 Å². The number of nitrogens with one attached hydrogen (secondary N) is 2. The van der Waals surface area contributed by atoms with Crippen LogP contribution in [0.25, 0.3) is 0 Å². The van der Waals surface area contributed by atoms with Crippen molar-refractivity contribution in [1.82, 2.24) is 5.32 Å². The van der Waals surface area contributed by atoms with Crippen molar-refractivity contribution < 1.29 is 19.1 Å². The van der Waals surface area contributed by atoms with Crippen LogP contribution in [0.3, 0.4) is 0 Å². The number of carbonyl (C=O) groups is 2. The molecule has 0 aliphatic carbocycles. The van der Waals surface area contributed by atoms with E-state index in [9.17, 15) is 14.0 Å². The molecule has 18 heavy (non-hydrogen) atoms. The molecule has 1 aromatic carbocycles. The third-order valence-electron chi connectivity index (χ3n) is 2.15. The monoisotopic (exact) mass is 254 g/mol. The van der Waals surface area contributed by atoms with Gasteiger partial charge in [-0.25, -0.2) is 14.0 Å². The normalized spacial score (nSPS) is 10.2. The second kappa shape index (κ2) is 6.00. The average molecular weight is 254 g/mol. The SMILES string of the molecule is CC(C)CNC(=O)Nc1c(F)cccc1C(=O)O. The fraction of sp³-hybridized carbons (Fsp3) is 0.333. The Hall–Kier alpha value is -2.11. The van der Waals surface area contributed by atoms with Crippen LogP contribution in [0.15, 0.2) is 18.2 Å². The van der Waals surface area contributed by atoms with Crippen LogP contribution in [0, 0.1) is 11.7 Å². The topological polar surface area (TPSA) is 78.4 Å². The Morgan fingerprint density at radius 2 is 2.06 bits per heavy atom. The van der Waals surface area contributed by atoms with Crippen LogP contribution in [0.5, 0.6) is 0 Å². The highest BCUT2D eigenvalue weighted by Crippen LogP contribution is 2.19. The summed E-state index contributed by atoms with van der Waals surface area (Å²) in [6, 6.07) is 2.96. The second-order valence-electron chi connectivity index (χ2n) is 4.20. The van der Waals surface area contributed by atoms with E-state index in [2.05, 4.69) is 10.6 Å². The highest BCUT2D eigenvalue weighted by atomic mass is 19.1. The van der Waals surface area contributed by atoms with Gasteiger partial charge in [-0.15, -0.1) is 0 Å². The first-order valence-corrected chi connectivity index (χ1v) is 5.48. The van der Waals surface area contributed by atoms with E-state index in [1.165, 1.54) is 12.1 Å². The van der Waals surface area contributed by atoms with E-state index in [0.29, 0.717) is 6.54 Å². The molecular formula is C12H15FN2O3. The molecule has 0 aromatic heterocycles. The number of urea groups is 1. The van der Waals surface area contributed by atoms with Gasteiger partial charge >= 0.3 is 12.0 Å². The van der Waals surface area contributed by atoms with Crippen molar-refractivity contribution in [2.24, 2.45) is 5.92 Å². The van der Waals surface area contributed by atoms with Crippen molar-refractivity contribution in [2.75, 3.05) is 11.9 Å². The highest BCUT2D eigenvalue weighted by Gasteiger charge is 2.16. The number of carboxylic acid groups (broad SMARTS) is 1. The smallest absolute Gasteiger partial charge is 0.337 e. The number of benzene rings is 1. The largest absolute Gasteiger partial charge is 0.478 e. The zero-order valence-electron chi connectivity index (χ0n) is 10.2. The summed E-state index contributed by atoms with van der Waals surface area (Å²) in [7, 11) is 0. The Balaban J connectivity index is 2.83. The van der Waals surface area contributed by atoms with E-state index >= 15 is 0 Å². The van der Waals surface area contributed by atoms with Gasteiger partial charge in [-0.1, -0.05) is 19.9 Å². The molecule has 0 radical (unpaired) electrons. The van der Waals surface area contributed by atoms with E-state index in [0.717, 1.165) is 6.07 Å². The Kier molecular flexibility index (Phi) is 4.65. The van der Waals surface area contributed by atoms with Crippen LogP contribution in [0.2, 0.25) is 0 Å². The lowest BCUT2D eigenvalue weighted by Crippen LogP contribution is -2.32. The molecule has 0 fully saturated rings. The lowest BCUT2D eigenvalue weighted by Gasteiger charge is -2.11. The molecule has 0 aliphatic rings. The molecule has 5 nitrogen and oxygen atoms in total. The van der Waals surface area contributed by atoms with Gasteiger partial charge in [0.15, 0.2) is 0 Å². The minimum atomic E-state index is -1.30. The van der Waals surface area contributed by atoms with Gasteiger partial charge in [0.25, 0.3) is 0 Å². The van der Waals surface area contributed by atoms with E-state index in [4.69, 9.17) is 5.11 Å². The average Bonchev–Trinajstić information content (AvgIpc) is 2.28. The number of amides is 2. The van der Waals surface area contributed by atoms with Crippen molar-refractivity contribution in [3.8, 4) is 0 Å². The van der Waals surface area contributed by atoms with Crippen LogP contribution >= 0.6 is 0 Å². The summed E-state index contributed by atoms with van der Waals surface area (Å²) in [6.45, 7) is 4.24. The Bertz CT molecular complexity index is 461. The molecule has 0 saturated heterocycles. The molecule has 1 aromatic rings. The molecule has 2 amide bonds. The number of hydrogen-bond acceptors (Lipinski definition) is 2. The summed E-state index contributed by atoms with van der Waals surface area (Å²) in [6.07, 6.45) is 0. The van der Waals surface area contributed by atoms with E-state index in [1.807, 2.05) is 13.8 Å². The van der Waals surface area contributed by atoms with Crippen LogP contribution in [-0.2, 0) is 0 Å². The van der Waals surface area contributed by atoms with Gasteiger partial charge in [-0.05, 0) is 18.1 Å². The molecule has 0 bridgehead atoms. The number of carboxylic acids is 1. The van der Waals surface area contributed by atoms with E-state index in [1.54, 1.807) is 0 Å². The van der Waals surface area contributed by atoms with Gasteiger partial charge in [0, 0.05) is 6.54 Å². The first-order chi connectivity index (χ1) is 8.41. The van der Waals surface area contributed by atoms with Crippen LogP contribution in [0.1, 0.15) is 24.2 Å². The lowest BCUT2D eigenvalue weighted by molar-refractivity contribution is 0.0697. The minimum Gasteiger partial charge on any atom is -0.478 e. The molecule has 0 spiro atoms. The summed E-state index contributed by atoms with van der Waals surface area (Å²) in [4.78, 5) is 22.3. The molecule has 3 N–H and O–H groups in total. The molecule has 0 heterocycles. The fourth-order valence-corrected chi connectivity index (χ4v) is 1.28. The van der Waals surface area contributed by atoms with Gasteiger partial charge in [-0.3, -0.25) is 0 Å². The fourth-order valence-electron chi connectivity index (χ4n) is 1.28. The van der Waals surface area contributed by atoms with Crippen molar-refractivity contribution in [3.63, 3.8) is 0 Å².